The van der Waals surface area contributed by atoms with Crippen LogP contribution in [0.3, 0.4) is 0 Å². The highest BCUT2D eigenvalue weighted by Gasteiger charge is 2.21. The van der Waals surface area contributed by atoms with Gasteiger partial charge in [0.2, 0.25) is 5.91 Å². The largest absolute Gasteiger partial charge is 0.345 e. The Kier molecular flexibility index (Phi) is 6.65. The number of rotatable bonds is 6. The standard InChI is InChI=1S/C14H29N3O/c1-4-12(10-15)9-14(18)17(3)11-13-5-7-16(2)8-6-13/h12-13H,4-11,15H2,1-3H3. The Morgan fingerprint density at radius 3 is 2.56 bits per heavy atom. The molecule has 1 aliphatic heterocycles. The zero-order chi connectivity index (χ0) is 13.5. The molecule has 0 radical (unpaired) electrons. The average Bonchev–Trinajstić information content (AvgIpc) is 2.38. The lowest BCUT2D eigenvalue weighted by atomic mass is 9.96. The van der Waals surface area contributed by atoms with Crippen molar-refractivity contribution in [2.75, 3.05) is 40.3 Å². The van der Waals surface area contributed by atoms with Crippen LogP contribution in [0.15, 0.2) is 0 Å². The van der Waals surface area contributed by atoms with Gasteiger partial charge in [-0.05, 0) is 51.4 Å². The molecule has 0 bridgehead atoms. The quantitative estimate of drug-likeness (QED) is 0.775. The summed E-state index contributed by atoms with van der Waals surface area (Å²) in [6.45, 7) is 5.94. The van der Waals surface area contributed by atoms with E-state index in [1.165, 1.54) is 12.8 Å². The lowest BCUT2D eigenvalue weighted by Gasteiger charge is -2.32. The summed E-state index contributed by atoms with van der Waals surface area (Å²) in [5, 5.41) is 0. The maximum atomic E-state index is 12.1. The molecule has 0 aromatic rings. The molecule has 1 aliphatic rings. The Hall–Kier alpha value is -0.610. The molecule has 0 aromatic heterocycles. The third kappa shape index (κ3) is 4.94. The normalized spacial score (nSPS) is 19.8. The Morgan fingerprint density at radius 1 is 1.44 bits per heavy atom. The fraction of sp³-hybridized carbons (Fsp3) is 0.929. The first-order valence-electron chi connectivity index (χ1n) is 7.19. The highest BCUT2D eigenvalue weighted by atomic mass is 16.2. The number of amides is 1. The van der Waals surface area contributed by atoms with Crippen molar-refractivity contribution in [2.45, 2.75) is 32.6 Å². The summed E-state index contributed by atoms with van der Waals surface area (Å²) in [6.07, 6.45) is 4.02. The van der Waals surface area contributed by atoms with Crippen molar-refractivity contribution in [1.29, 1.82) is 0 Å². The Labute approximate surface area is 111 Å². The summed E-state index contributed by atoms with van der Waals surface area (Å²) in [6, 6.07) is 0. The molecule has 0 saturated carbocycles. The van der Waals surface area contributed by atoms with Crippen molar-refractivity contribution in [3.63, 3.8) is 0 Å². The van der Waals surface area contributed by atoms with E-state index in [4.69, 9.17) is 5.73 Å². The van der Waals surface area contributed by atoms with E-state index in [2.05, 4.69) is 18.9 Å². The number of nitrogens with zero attached hydrogens (tertiary/aromatic N) is 2. The predicted molar refractivity (Wildman–Crippen MR) is 75.3 cm³/mol. The van der Waals surface area contributed by atoms with Gasteiger partial charge < -0.3 is 15.5 Å². The summed E-state index contributed by atoms with van der Waals surface area (Å²) in [5.74, 6) is 1.27. The van der Waals surface area contributed by atoms with Gasteiger partial charge in [0, 0.05) is 20.0 Å². The number of likely N-dealkylation sites (tertiary alicyclic amines) is 1. The van der Waals surface area contributed by atoms with Crippen LogP contribution in [0.5, 0.6) is 0 Å². The van der Waals surface area contributed by atoms with Crippen LogP contribution in [-0.4, -0.2) is 56.0 Å². The van der Waals surface area contributed by atoms with E-state index in [9.17, 15) is 4.79 Å². The van der Waals surface area contributed by atoms with Crippen molar-refractivity contribution in [3.8, 4) is 0 Å². The van der Waals surface area contributed by atoms with Gasteiger partial charge in [-0.3, -0.25) is 4.79 Å². The number of nitrogens with two attached hydrogens (primary N) is 1. The molecule has 2 N–H and O–H groups in total. The van der Waals surface area contributed by atoms with Crippen LogP contribution in [0.1, 0.15) is 32.6 Å². The second-order valence-corrected chi connectivity index (χ2v) is 5.74. The minimum Gasteiger partial charge on any atom is -0.345 e. The van der Waals surface area contributed by atoms with Gasteiger partial charge in [-0.25, -0.2) is 0 Å². The summed E-state index contributed by atoms with van der Waals surface area (Å²) >= 11 is 0. The minimum absolute atomic E-state index is 0.256. The molecule has 1 rings (SSSR count). The molecule has 18 heavy (non-hydrogen) atoms. The summed E-state index contributed by atoms with van der Waals surface area (Å²) in [4.78, 5) is 16.3. The van der Waals surface area contributed by atoms with Gasteiger partial charge in [0.05, 0.1) is 0 Å². The smallest absolute Gasteiger partial charge is 0.222 e. The maximum Gasteiger partial charge on any atom is 0.222 e. The maximum absolute atomic E-state index is 12.1. The zero-order valence-electron chi connectivity index (χ0n) is 12.2. The SMILES string of the molecule is CCC(CN)CC(=O)N(C)CC1CCN(C)CC1. The highest BCUT2D eigenvalue weighted by Crippen LogP contribution is 2.17. The topological polar surface area (TPSA) is 49.6 Å². The number of piperidine rings is 1. The summed E-state index contributed by atoms with van der Waals surface area (Å²) < 4.78 is 0. The molecule has 1 unspecified atom stereocenters. The number of carbonyl (C=O) groups excluding carboxylic acids is 1. The first-order chi connectivity index (χ1) is 8.56. The molecule has 0 aromatic carbocycles. The van der Waals surface area contributed by atoms with Crippen LogP contribution >= 0.6 is 0 Å². The minimum atomic E-state index is 0.256. The van der Waals surface area contributed by atoms with Gasteiger partial charge >= 0.3 is 0 Å². The van der Waals surface area contributed by atoms with E-state index in [0.717, 1.165) is 26.1 Å². The molecular formula is C14H29N3O. The van der Waals surface area contributed by atoms with Crippen molar-refractivity contribution in [3.05, 3.63) is 0 Å². The molecule has 4 heteroatoms. The van der Waals surface area contributed by atoms with Crippen molar-refractivity contribution < 1.29 is 4.79 Å². The fourth-order valence-corrected chi connectivity index (χ4v) is 2.53. The Bertz CT molecular complexity index is 245. The Balaban J connectivity index is 2.31. The van der Waals surface area contributed by atoms with Gasteiger partial charge in [-0.1, -0.05) is 13.3 Å². The summed E-state index contributed by atoms with van der Waals surface area (Å²) in [7, 11) is 4.10. The zero-order valence-corrected chi connectivity index (χ0v) is 12.2. The van der Waals surface area contributed by atoms with Gasteiger partial charge in [0.15, 0.2) is 0 Å². The lowest BCUT2D eigenvalue weighted by Crippen LogP contribution is -2.38. The van der Waals surface area contributed by atoms with E-state index in [0.29, 0.717) is 24.8 Å². The molecule has 106 valence electrons. The number of hydrogen-bond acceptors (Lipinski definition) is 3. The van der Waals surface area contributed by atoms with E-state index in [-0.39, 0.29) is 5.91 Å². The second kappa shape index (κ2) is 7.74. The third-order valence-corrected chi connectivity index (χ3v) is 4.17. The molecule has 0 aliphatic carbocycles. The summed E-state index contributed by atoms with van der Waals surface area (Å²) in [5.41, 5.74) is 5.66. The molecular weight excluding hydrogens is 226 g/mol. The van der Waals surface area contributed by atoms with Crippen LogP contribution in [0, 0.1) is 11.8 Å². The second-order valence-electron chi connectivity index (χ2n) is 5.74. The van der Waals surface area contributed by atoms with Crippen LogP contribution < -0.4 is 5.73 Å². The van der Waals surface area contributed by atoms with E-state index < -0.39 is 0 Å². The highest BCUT2D eigenvalue weighted by molar-refractivity contribution is 5.76. The van der Waals surface area contributed by atoms with E-state index >= 15 is 0 Å². The molecule has 4 nitrogen and oxygen atoms in total. The van der Waals surface area contributed by atoms with Crippen molar-refractivity contribution in [1.82, 2.24) is 9.80 Å². The molecule has 0 spiro atoms. The van der Waals surface area contributed by atoms with Crippen LogP contribution in [0.2, 0.25) is 0 Å². The number of hydrogen-bond donors (Lipinski definition) is 1. The third-order valence-electron chi connectivity index (χ3n) is 4.17. The lowest BCUT2D eigenvalue weighted by molar-refractivity contribution is -0.131. The van der Waals surface area contributed by atoms with Crippen LogP contribution in [0.4, 0.5) is 0 Å². The van der Waals surface area contributed by atoms with E-state index in [1.54, 1.807) is 0 Å². The van der Waals surface area contributed by atoms with Gasteiger partial charge in [0.25, 0.3) is 0 Å². The van der Waals surface area contributed by atoms with Crippen molar-refractivity contribution in [2.24, 2.45) is 17.6 Å². The molecule has 1 saturated heterocycles. The predicted octanol–water partition coefficient (Wildman–Crippen LogP) is 1.16. The first kappa shape index (κ1) is 15.4. The number of carbonyl (C=O) groups is 1. The monoisotopic (exact) mass is 255 g/mol. The van der Waals surface area contributed by atoms with Gasteiger partial charge in [-0.2, -0.15) is 0 Å². The first-order valence-corrected chi connectivity index (χ1v) is 7.19. The average molecular weight is 255 g/mol. The fourth-order valence-electron chi connectivity index (χ4n) is 2.53. The van der Waals surface area contributed by atoms with Crippen LogP contribution in [-0.2, 0) is 4.79 Å². The van der Waals surface area contributed by atoms with Crippen LogP contribution in [0.25, 0.3) is 0 Å². The molecule has 1 fully saturated rings. The van der Waals surface area contributed by atoms with Crippen molar-refractivity contribution >= 4 is 5.91 Å². The molecule has 1 heterocycles. The van der Waals surface area contributed by atoms with E-state index in [1.807, 2.05) is 11.9 Å². The Morgan fingerprint density at radius 2 is 2.06 bits per heavy atom. The van der Waals surface area contributed by atoms with Gasteiger partial charge in [0.1, 0.15) is 0 Å². The molecule has 1 amide bonds. The molecule has 1 atom stereocenters. The van der Waals surface area contributed by atoms with Gasteiger partial charge in [-0.15, -0.1) is 0 Å².